The maximum Gasteiger partial charge on any atom is 0.523 e. The van der Waals surface area contributed by atoms with Gasteiger partial charge < -0.3 is 4.90 Å². The molecule has 1 heterocycles. The first-order chi connectivity index (χ1) is 7.28. The maximum absolute atomic E-state index is 12.0. The highest BCUT2D eigenvalue weighted by Crippen LogP contribution is 2.32. The van der Waals surface area contributed by atoms with Crippen molar-refractivity contribution < 1.29 is 25.8 Å². The van der Waals surface area contributed by atoms with Gasteiger partial charge in [0, 0.05) is 12.7 Å². The molecule has 1 rings (SSSR count). The number of rotatable bonds is 4. The maximum atomic E-state index is 12.0. The van der Waals surface area contributed by atoms with Gasteiger partial charge in [0.25, 0.3) is 0 Å². The van der Waals surface area contributed by atoms with E-state index in [1.165, 1.54) is 22.6 Å². The fourth-order valence-corrected chi connectivity index (χ4v) is 2.47. The van der Waals surface area contributed by atoms with Crippen LogP contribution < -0.4 is 0 Å². The van der Waals surface area contributed by atoms with Gasteiger partial charge in [-0.2, -0.15) is 21.6 Å². The van der Waals surface area contributed by atoms with Crippen molar-refractivity contribution in [1.82, 2.24) is 4.90 Å². The number of hydrogen-bond donors (Lipinski definition) is 0. The molecule has 0 aromatic heterocycles. The molecule has 0 aliphatic carbocycles. The molecular weight excluding hydrogens is 267 g/mol. The first-order valence-corrected chi connectivity index (χ1v) is 6.31. The van der Waals surface area contributed by atoms with E-state index in [1.807, 2.05) is 0 Å². The molecule has 0 aromatic rings. The lowest BCUT2D eigenvalue weighted by molar-refractivity contribution is -0.0578. The van der Waals surface area contributed by atoms with Gasteiger partial charge in [-0.1, -0.05) is 17.8 Å². The number of alkyl halides is 3. The van der Waals surface area contributed by atoms with E-state index in [1.54, 1.807) is 0 Å². The Morgan fingerprint density at radius 3 is 2.69 bits per heavy atom. The predicted octanol–water partition coefficient (Wildman–Crippen LogP) is 1.84. The Kier molecular flexibility index (Phi) is 3.92. The van der Waals surface area contributed by atoms with Crippen molar-refractivity contribution in [2.45, 2.75) is 11.1 Å². The Hall–Kier alpha value is -0.670. The van der Waals surface area contributed by atoms with Gasteiger partial charge in [0.15, 0.2) is 0 Å². The van der Waals surface area contributed by atoms with Crippen molar-refractivity contribution >= 4 is 21.9 Å². The summed E-state index contributed by atoms with van der Waals surface area (Å²) in [6.07, 6.45) is 2.86. The van der Waals surface area contributed by atoms with Crippen LogP contribution in [0, 0.1) is 0 Å². The summed E-state index contributed by atoms with van der Waals surface area (Å²) < 4.78 is 61.5. The molecular formula is C7H8F3NO3S2. The molecule has 92 valence electrons. The number of halogens is 3. The van der Waals surface area contributed by atoms with E-state index in [4.69, 9.17) is 0 Å². The van der Waals surface area contributed by atoms with Gasteiger partial charge in [0.2, 0.25) is 5.56 Å². The number of thioether (sulfide) groups is 1. The summed E-state index contributed by atoms with van der Waals surface area (Å²) in [5.41, 5.74) is -6.64. The van der Waals surface area contributed by atoms with Crippen LogP contribution >= 0.6 is 11.8 Å². The van der Waals surface area contributed by atoms with Crippen LogP contribution in [0.2, 0.25) is 0 Å². The summed E-state index contributed by atoms with van der Waals surface area (Å²) in [6, 6.07) is 0. The lowest BCUT2D eigenvalue weighted by atomic mass is 10.6. The highest BCUT2D eigenvalue weighted by molar-refractivity contribution is 8.03. The minimum Gasteiger partial charge on any atom is -0.339 e. The molecule has 0 amide bonds. The lowest BCUT2D eigenvalue weighted by Gasteiger charge is -2.22. The summed E-state index contributed by atoms with van der Waals surface area (Å²) in [7, 11) is -5.57. The average Bonchev–Trinajstić information content (AvgIpc) is 2.51. The zero-order valence-electron chi connectivity index (χ0n) is 7.85. The fraction of sp³-hybridized carbons (Fsp3) is 0.429. The fourth-order valence-electron chi connectivity index (χ4n) is 0.866. The van der Waals surface area contributed by atoms with Crippen LogP contribution in [0.5, 0.6) is 0 Å². The van der Waals surface area contributed by atoms with E-state index in [0.29, 0.717) is 0 Å². The van der Waals surface area contributed by atoms with Crippen molar-refractivity contribution in [3.8, 4) is 0 Å². The molecule has 4 nitrogen and oxygen atoms in total. The van der Waals surface area contributed by atoms with Gasteiger partial charge in [-0.25, -0.2) is 4.18 Å². The second-order valence-electron chi connectivity index (χ2n) is 2.71. The van der Waals surface area contributed by atoms with Crippen molar-refractivity contribution in [3.05, 3.63) is 24.3 Å². The number of hydrogen-bond acceptors (Lipinski definition) is 5. The van der Waals surface area contributed by atoms with Crippen LogP contribution in [0.4, 0.5) is 13.2 Å². The Labute approximate surface area is 94.9 Å². The third-order valence-corrected chi connectivity index (χ3v) is 3.55. The Bertz CT molecular complexity index is 390. The predicted molar refractivity (Wildman–Crippen MR) is 53.5 cm³/mol. The third-order valence-electron chi connectivity index (χ3n) is 1.55. The van der Waals surface area contributed by atoms with Crippen LogP contribution in [0.3, 0.4) is 0 Å². The van der Waals surface area contributed by atoms with E-state index < -0.39 is 21.2 Å². The molecule has 0 radical (unpaired) electrons. The first kappa shape index (κ1) is 13.4. The third kappa shape index (κ3) is 2.92. The Balaban J connectivity index is 2.72. The average molecular weight is 275 g/mol. The molecule has 0 saturated heterocycles. The molecule has 1 unspecified atom stereocenters. The molecule has 0 bridgehead atoms. The van der Waals surface area contributed by atoms with Crippen molar-refractivity contribution in [3.63, 3.8) is 0 Å². The van der Waals surface area contributed by atoms with Gasteiger partial charge in [-0.05, 0) is 5.41 Å². The van der Waals surface area contributed by atoms with E-state index >= 15 is 0 Å². The highest BCUT2D eigenvalue weighted by atomic mass is 32.2. The molecule has 0 spiro atoms. The normalized spacial score (nSPS) is 21.4. The van der Waals surface area contributed by atoms with Gasteiger partial charge in [0.1, 0.15) is 0 Å². The SMILES string of the molecule is C=CCN1C=CSC1OS(=O)(=O)C(F)(F)F. The smallest absolute Gasteiger partial charge is 0.339 e. The molecule has 0 fully saturated rings. The van der Waals surface area contributed by atoms with Crippen LogP contribution in [0.25, 0.3) is 0 Å². The van der Waals surface area contributed by atoms with Crippen LogP contribution in [0.15, 0.2) is 24.3 Å². The first-order valence-electron chi connectivity index (χ1n) is 3.96. The minimum atomic E-state index is -5.57. The second-order valence-corrected chi connectivity index (χ2v) is 5.22. The van der Waals surface area contributed by atoms with Crippen molar-refractivity contribution in [1.29, 1.82) is 0 Å². The van der Waals surface area contributed by atoms with Gasteiger partial charge in [-0.15, -0.1) is 6.58 Å². The van der Waals surface area contributed by atoms with Crippen molar-refractivity contribution in [2.24, 2.45) is 0 Å². The van der Waals surface area contributed by atoms with Gasteiger partial charge in [0.05, 0.1) is 0 Å². The highest BCUT2D eigenvalue weighted by Gasteiger charge is 2.49. The molecule has 0 aromatic carbocycles. The van der Waals surface area contributed by atoms with Gasteiger partial charge >= 0.3 is 15.6 Å². The lowest BCUT2D eigenvalue weighted by Crippen LogP contribution is -2.35. The molecule has 1 atom stereocenters. The van der Waals surface area contributed by atoms with Gasteiger partial charge in [-0.3, -0.25) is 0 Å². The van der Waals surface area contributed by atoms with Crippen LogP contribution in [0.1, 0.15) is 0 Å². The van der Waals surface area contributed by atoms with E-state index in [-0.39, 0.29) is 6.54 Å². The summed E-state index contributed by atoms with van der Waals surface area (Å²) in [5, 5.41) is 1.44. The summed E-state index contributed by atoms with van der Waals surface area (Å²) >= 11 is 0.830. The monoisotopic (exact) mass is 275 g/mol. The summed E-state index contributed by atoms with van der Waals surface area (Å²) in [4.78, 5) is 1.28. The summed E-state index contributed by atoms with van der Waals surface area (Å²) in [5.74, 6) is 0. The van der Waals surface area contributed by atoms with Crippen LogP contribution in [-0.2, 0) is 14.3 Å². The minimum absolute atomic E-state index is 0.196. The summed E-state index contributed by atoms with van der Waals surface area (Å²) in [6.45, 7) is 3.59. The van der Waals surface area contributed by atoms with E-state index in [2.05, 4.69) is 10.8 Å². The molecule has 16 heavy (non-hydrogen) atoms. The van der Waals surface area contributed by atoms with E-state index in [9.17, 15) is 21.6 Å². The standard InChI is InChI=1S/C7H8F3NO3S2/c1-2-3-11-4-5-15-6(11)14-16(12,13)7(8,9)10/h2,4-6H,1,3H2. The zero-order chi connectivity index (χ0) is 12.4. The zero-order valence-corrected chi connectivity index (χ0v) is 9.48. The van der Waals surface area contributed by atoms with E-state index in [0.717, 1.165) is 11.8 Å². The Morgan fingerprint density at radius 2 is 2.19 bits per heavy atom. The molecule has 0 N–H and O–H groups in total. The molecule has 1 aliphatic rings. The topological polar surface area (TPSA) is 46.6 Å². The Morgan fingerprint density at radius 1 is 1.56 bits per heavy atom. The molecule has 1 aliphatic heterocycles. The molecule has 9 heteroatoms. The van der Waals surface area contributed by atoms with Crippen LogP contribution in [-0.4, -0.2) is 30.9 Å². The van der Waals surface area contributed by atoms with Crippen molar-refractivity contribution in [2.75, 3.05) is 6.54 Å². The number of nitrogens with zero attached hydrogens (tertiary/aromatic N) is 1. The molecule has 0 saturated carbocycles. The largest absolute Gasteiger partial charge is 0.523 e. The second kappa shape index (κ2) is 4.68. The quantitative estimate of drug-likeness (QED) is 0.445.